The monoisotopic (exact) mass is 295 g/mol. The Hall–Kier alpha value is -1.43. The molecule has 1 saturated heterocycles. The predicted octanol–water partition coefficient (Wildman–Crippen LogP) is 1.46. The van der Waals surface area contributed by atoms with Gasteiger partial charge in [-0.05, 0) is 13.3 Å². The van der Waals surface area contributed by atoms with Gasteiger partial charge in [-0.1, -0.05) is 6.92 Å². The molecule has 0 aliphatic carbocycles. The van der Waals surface area contributed by atoms with Crippen molar-refractivity contribution in [1.82, 2.24) is 14.8 Å². The Morgan fingerprint density at radius 1 is 1.20 bits per heavy atom. The average molecular weight is 295 g/mol. The summed E-state index contributed by atoms with van der Waals surface area (Å²) in [6.07, 6.45) is 1.85. The minimum Gasteiger partial charge on any atom is -0.339 e. The number of amides is 2. The van der Waals surface area contributed by atoms with Crippen LogP contribution in [0.15, 0.2) is 5.38 Å². The highest BCUT2D eigenvalue weighted by atomic mass is 32.1. The van der Waals surface area contributed by atoms with Crippen LogP contribution in [0.3, 0.4) is 0 Å². The average Bonchev–Trinajstić information content (AvgIpc) is 2.84. The molecule has 0 unspecified atom stereocenters. The molecule has 2 amide bonds. The van der Waals surface area contributed by atoms with Crippen LogP contribution in [0.4, 0.5) is 0 Å². The van der Waals surface area contributed by atoms with E-state index in [2.05, 4.69) is 4.98 Å². The molecule has 110 valence electrons. The highest BCUT2D eigenvalue weighted by Crippen LogP contribution is 2.11. The summed E-state index contributed by atoms with van der Waals surface area (Å²) in [5.74, 6) is 0.313. The molecule has 0 N–H and O–H groups in total. The summed E-state index contributed by atoms with van der Waals surface area (Å²) >= 11 is 1.57. The Morgan fingerprint density at radius 2 is 1.80 bits per heavy atom. The van der Waals surface area contributed by atoms with Crippen molar-refractivity contribution in [2.45, 2.75) is 33.1 Å². The number of hydrogen-bond acceptors (Lipinski definition) is 4. The second-order valence-electron chi connectivity index (χ2n) is 5.05. The molecule has 0 saturated carbocycles. The zero-order valence-corrected chi connectivity index (χ0v) is 12.9. The molecule has 0 radical (unpaired) electrons. The molecule has 1 aromatic heterocycles. The van der Waals surface area contributed by atoms with E-state index in [1.54, 1.807) is 11.3 Å². The van der Waals surface area contributed by atoms with E-state index in [-0.39, 0.29) is 11.8 Å². The number of aromatic nitrogens is 1. The molecule has 1 aliphatic rings. The Labute approximate surface area is 123 Å². The minimum atomic E-state index is 0.109. The van der Waals surface area contributed by atoms with Gasteiger partial charge in [0.15, 0.2) is 0 Å². The summed E-state index contributed by atoms with van der Waals surface area (Å²) in [7, 11) is 0. The van der Waals surface area contributed by atoms with E-state index in [1.807, 2.05) is 29.0 Å². The number of hydrogen-bond donors (Lipinski definition) is 0. The second kappa shape index (κ2) is 6.83. The molecule has 0 aromatic carbocycles. The minimum absolute atomic E-state index is 0.109. The van der Waals surface area contributed by atoms with Gasteiger partial charge in [0.05, 0.1) is 17.1 Å². The maximum Gasteiger partial charge on any atom is 0.228 e. The molecule has 1 fully saturated rings. The van der Waals surface area contributed by atoms with Crippen LogP contribution in [0.5, 0.6) is 0 Å². The van der Waals surface area contributed by atoms with E-state index >= 15 is 0 Å². The van der Waals surface area contributed by atoms with Gasteiger partial charge < -0.3 is 9.80 Å². The van der Waals surface area contributed by atoms with E-state index in [4.69, 9.17) is 0 Å². The summed E-state index contributed by atoms with van der Waals surface area (Å²) in [6, 6.07) is 0. The van der Waals surface area contributed by atoms with E-state index < -0.39 is 0 Å². The van der Waals surface area contributed by atoms with E-state index in [9.17, 15) is 9.59 Å². The lowest BCUT2D eigenvalue weighted by Crippen LogP contribution is -2.50. The number of thiazole rings is 1. The van der Waals surface area contributed by atoms with Crippen LogP contribution in [-0.4, -0.2) is 52.8 Å². The Bertz CT molecular complexity index is 479. The van der Waals surface area contributed by atoms with Crippen LogP contribution in [0.2, 0.25) is 0 Å². The maximum atomic E-state index is 12.2. The van der Waals surface area contributed by atoms with Crippen molar-refractivity contribution >= 4 is 23.2 Å². The molecular formula is C14H21N3O2S. The van der Waals surface area contributed by atoms with Crippen molar-refractivity contribution in [3.05, 3.63) is 16.1 Å². The molecule has 0 spiro atoms. The van der Waals surface area contributed by atoms with Crippen LogP contribution in [0, 0.1) is 6.92 Å². The molecule has 5 nitrogen and oxygen atoms in total. The first-order chi connectivity index (χ1) is 9.60. The third-order valence-corrected chi connectivity index (χ3v) is 4.27. The highest BCUT2D eigenvalue weighted by Gasteiger charge is 2.23. The fraction of sp³-hybridized carbons (Fsp3) is 0.643. The summed E-state index contributed by atoms with van der Waals surface area (Å²) in [5, 5.41) is 2.93. The van der Waals surface area contributed by atoms with Gasteiger partial charge in [-0.15, -0.1) is 11.3 Å². The topological polar surface area (TPSA) is 53.5 Å². The number of carbonyl (C=O) groups excluding carboxylic acids is 2. The smallest absolute Gasteiger partial charge is 0.228 e. The molecule has 1 aliphatic heterocycles. The lowest BCUT2D eigenvalue weighted by molar-refractivity contribution is -0.139. The first-order valence-corrected chi connectivity index (χ1v) is 7.94. The van der Waals surface area contributed by atoms with Gasteiger partial charge in [0.2, 0.25) is 11.8 Å². The quantitative estimate of drug-likeness (QED) is 0.845. The Balaban J connectivity index is 1.81. The first-order valence-electron chi connectivity index (χ1n) is 7.06. The van der Waals surface area contributed by atoms with Gasteiger partial charge in [0.1, 0.15) is 0 Å². The van der Waals surface area contributed by atoms with E-state index in [0.29, 0.717) is 39.0 Å². The molecule has 6 heteroatoms. The van der Waals surface area contributed by atoms with Crippen molar-refractivity contribution in [2.75, 3.05) is 26.2 Å². The van der Waals surface area contributed by atoms with Gasteiger partial charge in [-0.3, -0.25) is 9.59 Å². The second-order valence-corrected chi connectivity index (χ2v) is 6.11. The van der Waals surface area contributed by atoms with Gasteiger partial charge in [-0.25, -0.2) is 4.98 Å². The van der Waals surface area contributed by atoms with Gasteiger partial charge >= 0.3 is 0 Å². The van der Waals surface area contributed by atoms with Crippen molar-refractivity contribution in [1.29, 1.82) is 0 Å². The zero-order valence-electron chi connectivity index (χ0n) is 12.1. The predicted molar refractivity (Wildman–Crippen MR) is 78.6 cm³/mol. The van der Waals surface area contributed by atoms with Crippen molar-refractivity contribution in [3.8, 4) is 0 Å². The fourth-order valence-electron chi connectivity index (χ4n) is 2.33. The molecule has 1 aromatic rings. The number of piperazine rings is 1. The molecule has 2 rings (SSSR count). The van der Waals surface area contributed by atoms with Crippen LogP contribution >= 0.6 is 11.3 Å². The van der Waals surface area contributed by atoms with Crippen molar-refractivity contribution < 1.29 is 9.59 Å². The Morgan fingerprint density at radius 3 is 2.30 bits per heavy atom. The van der Waals surface area contributed by atoms with E-state index in [1.165, 1.54) is 0 Å². The standard InChI is InChI=1S/C14H21N3O2S/c1-3-4-13(18)16-5-7-17(8-6-16)14(19)9-12-10-20-11(2)15-12/h10H,3-9H2,1-2H3. The third kappa shape index (κ3) is 3.79. The maximum absolute atomic E-state index is 12.2. The zero-order chi connectivity index (χ0) is 14.5. The van der Waals surface area contributed by atoms with Gasteiger partial charge in [-0.2, -0.15) is 0 Å². The van der Waals surface area contributed by atoms with E-state index in [0.717, 1.165) is 17.1 Å². The highest BCUT2D eigenvalue weighted by molar-refractivity contribution is 7.09. The van der Waals surface area contributed by atoms with Crippen molar-refractivity contribution in [3.63, 3.8) is 0 Å². The van der Waals surface area contributed by atoms with Crippen LogP contribution < -0.4 is 0 Å². The third-order valence-electron chi connectivity index (χ3n) is 3.45. The van der Waals surface area contributed by atoms with Crippen LogP contribution in [0.1, 0.15) is 30.5 Å². The lowest BCUT2D eigenvalue weighted by atomic mass is 10.2. The van der Waals surface area contributed by atoms with Gasteiger partial charge in [0, 0.05) is 38.0 Å². The summed E-state index contributed by atoms with van der Waals surface area (Å²) in [5.41, 5.74) is 0.849. The molecule has 0 atom stereocenters. The summed E-state index contributed by atoms with van der Waals surface area (Å²) in [6.45, 7) is 6.53. The molecule has 2 heterocycles. The summed E-state index contributed by atoms with van der Waals surface area (Å²) in [4.78, 5) is 32.0. The number of carbonyl (C=O) groups is 2. The number of nitrogens with zero attached hydrogens (tertiary/aromatic N) is 3. The fourth-order valence-corrected chi connectivity index (χ4v) is 2.95. The first kappa shape index (κ1) is 15.0. The van der Waals surface area contributed by atoms with Crippen molar-refractivity contribution in [2.24, 2.45) is 0 Å². The number of rotatable bonds is 4. The molecular weight excluding hydrogens is 274 g/mol. The normalized spacial score (nSPS) is 15.5. The van der Waals surface area contributed by atoms with Gasteiger partial charge in [0.25, 0.3) is 0 Å². The number of aryl methyl sites for hydroxylation is 1. The Kier molecular flexibility index (Phi) is 5.11. The molecule has 0 bridgehead atoms. The molecule has 20 heavy (non-hydrogen) atoms. The summed E-state index contributed by atoms with van der Waals surface area (Å²) < 4.78 is 0. The van der Waals surface area contributed by atoms with Crippen LogP contribution in [0.25, 0.3) is 0 Å². The lowest BCUT2D eigenvalue weighted by Gasteiger charge is -2.34. The largest absolute Gasteiger partial charge is 0.339 e. The SMILES string of the molecule is CCCC(=O)N1CCN(C(=O)Cc2csc(C)n2)CC1. The van der Waals surface area contributed by atoms with Crippen LogP contribution in [-0.2, 0) is 16.0 Å².